The summed E-state index contributed by atoms with van der Waals surface area (Å²) in [6.07, 6.45) is 10.9. The molecule has 0 amide bonds. The molecule has 0 aliphatic heterocycles. The summed E-state index contributed by atoms with van der Waals surface area (Å²) >= 11 is 1.87. The SMILES string of the molecule is CCCCCCCCCCSc1cccc(C(C)=O)c1. The molecule has 0 unspecified atom stereocenters. The number of carbonyl (C=O) groups is 1. The summed E-state index contributed by atoms with van der Waals surface area (Å²) in [5, 5.41) is 0. The molecule has 0 bridgehead atoms. The van der Waals surface area contributed by atoms with E-state index in [4.69, 9.17) is 0 Å². The number of unbranched alkanes of at least 4 members (excludes halogenated alkanes) is 7. The lowest BCUT2D eigenvalue weighted by Crippen LogP contribution is -1.91. The first-order valence-electron chi connectivity index (χ1n) is 7.98. The van der Waals surface area contributed by atoms with Crippen LogP contribution in [0.15, 0.2) is 29.2 Å². The summed E-state index contributed by atoms with van der Waals surface area (Å²) in [6, 6.07) is 7.98. The van der Waals surface area contributed by atoms with Crippen molar-refractivity contribution < 1.29 is 4.79 Å². The molecule has 0 spiro atoms. The summed E-state index contributed by atoms with van der Waals surface area (Å²) in [4.78, 5) is 12.5. The Kier molecular flexibility index (Phi) is 9.48. The van der Waals surface area contributed by atoms with E-state index >= 15 is 0 Å². The van der Waals surface area contributed by atoms with Gasteiger partial charge in [0.2, 0.25) is 0 Å². The van der Waals surface area contributed by atoms with Crippen molar-refractivity contribution in [3.05, 3.63) is 29.8 Å². The quantitative estimate of drug-likeness (QED) is 0.277. The molecule has 0 saturated carbocycles. The van der Waals surface area contributed by atoms with Crippen molar-refractivity contribution >= 4 is 17.5 Å². The van der Waals surface area contributed by atoms with Gasteiger partial charge in [-0.1, -0.05) is 64.0 Å². The number of rotatable bonds is 11. The van der Waals surface area contributed by atoms with Crippen LogP contribution in [0.4, 0.5) is 0 Å². The van der Waals surface area contributed by atoms with Crippen molar-refractivity contribution in [2.75, 3.05) is 5.75 Å². The zero-order chi connectivity index (χ0) is 14.6. The number of hydrogen-bond acceptors (Lipinski definition) is 2. The first-order chi connectivity index (χ1) is 9.74. The van der Waals surface area contributed by atoms with Crippen LogP contribution in [0.1, 0.15) is 75.6 Å². The van der Waals surface area contributed by atoms with Gasteiger partial charge < -0.3 is 0 Å². The topological polar surface area (TPSA) is 17.1 Å². The van der Waals surface area contributed by atoms with Gasteiger partial charge in [-0.25, -0.2) is 0 Å². The molecule has 0 atom stereocenters. The van der Waals surface area contributed by atoms with Crippen molar-refractivity contribution in [2.45, 2.75) is 70.1 Å². The highest BCUT2D eigenvalue weighted by Crippen LogP contribution is 2.21. The molecule has 0 saturated heterocycles. The Morgan fingerprint density at radius 3 is 2.30 bits per heavy atom. The Morgan fingerprint density at radius 2 is 1.65 bits per heavy atom. The molecule has 1 aromatic rings. The number of Topliss-reactive ketones (excluding diaryl/α,β-unsaturated/α-hetero) is 1. The Morgan fingerprint density at radius 1 is 1.00 bits per heavy atom. The van der Waals surface area contributed by atoms with Crippen molar-refractivity contribution in [2.24, 2.45) is 0 Å². The van der Waals surface area contributed by atoms with Gasteiger partial charge in [0.1, 0.15) is 0 Å². The minimum Gasteiger partial charge on any atom is -0.295 e. The van der Waals surface area contributed by atoms with Crippen LogP contribution in [0.2, 0.25) is 0 Å². The van der Waals surface area contributed by atoms with Crippen molar-refractivity contribution in [1.29, 1.82) is 0 Å². The van der Waals surface area contributed by atoms with Crippen molar-refractivity contribution in [3.8, 4) is 0 Å². The highest BCUT2D eigenvalue weighted by atomic mass is 32.2. The zero-order valence-corrected chi connectivity index (χ0v) is 13.8. The maximum absolute atomic E-state index is 11.3. The Labute approximate surface area is 128 Å². The van der Waals surface area contributed by atoms with Gasteiger partial charge in [-0.05, 0) is 31.2 Å². The van der Waals surface area contributed by atoms with Gasteiger partial charge >= 0.3 is 0 Å². The molecule has 0 aliphatic carbocycles. The van der Waals surface area contributed by atoms with Gasteiger partial charge in [0, 0.05) is 10.5 Å². The second-order valence-electron chi connectivity index (χ2n) is 5.41. The molecule has 20 heavy (non-hydrogen) atoms. The van der Waals surface area contributed by atoms with Crippen LogP contribution < -0.4 is 0 Å². The molecule has 0 heterocycles. The normalized spacial score (nSPS) is 10.7. The van der Waals surface area contributed by atoms with E-state index < -0.39 is 0 Å². The lowest BCUT2D eigenvalue weighted by molar-refractivity contribution is 0.101. The molecule has 112 valence electrons. The molecule has 1 nitrogen and oxygen atoms in total. The third kappa shape index (κ3) is 7.74. The molecule has 0 N–H and O–H groups in total. The number of carbonyl (C=O) groups excluding carboxylic acids is 1. The predicted octanol–water partition coefficient (Wildman–Crippen LogP) is 6.12. The molecule has 2 heteroatoms. The highest BCUT2D eigenvalue weighted by Gasteiger charge is 2.00. The van der Waals surface area contributed by atoms with Crippen LogP contribution >= 0.6 is 11.8 Å². The lowest BCUT2D eigenvalue weighted by atomic mass is 10.1. The highest BCUT2D eigenvalue weighted by molar-refractivity contribution is 7.99. The standard InChI is InChI=1S/C18H28OS/c1-3-4-5-6-7-8-9-10-14-20-18-13-11-12-17(15-18)16(2)19/h11-13,15H,3-10,14H2,1-2H3. The van der Waals surface area contributed by atoms with Gasteiger partial charge in [0.05, 0.1) is 0 Å². The van der Waals surface area contributed by atoms with E-state index in [1.807, 2.05) is 30.0 Å². The first kappa shape index (κ1) is 17.3. The average Bonchev–Trinajstić information content (AvgIpc) is 2.46. The van der Waals surface area contributed by atoms with E-state index in [0.717, 1.165) is 11.3 Å². The smallest absolute Gasteiger partial charge is 0.159 e. The fraction of sp³-hybridized carbons (Fsp3) is 0.611. The van der Waals surface area contributed by atoms with E-state index in [-0.39, 0.29) is 5.78 Å². The van der Waals surface area contributed by atoms with Gasteiger partial charge in [-0.15, -0.1) is 11.8 Å². The number of ketones is 1. The van der Waals surface area contributed by atoms with Crippen molar-refractivity contribution in [3.63, 3.8) is 0 Å². The van der Waals surface area contributed by atoms with E-state index in [1.165, 1.54) is 56.3 Å². The fourth-order valence-electron chi connectivity index (χ4n) is 2.23. The summed E-state index contributed by atoms with van der Waals surface area (Å²) in [5.41, 5.74) is 0.825. The molecule has 0 fully saturated rings. The lowest BCUT2D eigenvalue weighted by Gasteiger charge is -2.04. The number of thioether (sulfide) groups is 1. The largest absolute Gasteiger partial charge is 0.295 e. The first-order valence-corrected chi connectivity index (χ1v) is 8.96. The Bertz CT molecular complexity index is 387. The van der Waals surface area contributed by atoms with E-state index in [0.29, 0.717) is 0 Å². The van der Waals surface area contributed by atoms with Gasteiger partial charge in [0.15, 0.2) is 5.78 Å². The zero-order valence-electron chi connectivity index (χ0n) is 13.0. The second-order valence-corrected chi connectivity index (χ2v) is 6.58. The van der Waals surface area contributed by atoms with E-state index in [9.17, 15) is 4.79 Å². The summed E-state index contributed by atoms with van der Waals surface area (Å²) in [5.74, 6) is 1.32. The summed E-state index contributed by atoms with van der Waals surface area (Å²) < 4.78 is 0. The van der Waals surface area contributed by atoms with E-state index in [2.05, 4.69) is 13.0 Å². The number of hydrogen-bond donors (Lipinski definition) is 0. The van der Waals surface area contributed by atoms with Crippen LogP contribution in [0.25, 0.3) is 0 Å². The van der Waals surface area contributed by atoms with Crippen LogP contribution in [0.3, 0.4) is 0 Å². The van der Waals surface area contributed by atoms with Crippen LogP contribution in [-0.2, 0) is 0 Å². The van der Waals surface area contributed by atoms with Gasteiger partial charge in [-0.2, -0.15) is 0 Å². The maximum atomic E-state index is 11.3. The summed E-state index contributed by atoms with van der Waals surface area (Å²) in [6.45, 7) is 3.89. The Balaban J connectivity index is 2.06. The molecular formula is C18H28OS. The minimum atomic E-state index is 0.152. The van der Waals surface area contributed by atoms with Crippen molar-refractivity contribution in [1.82, 2.24) is 0 Å². The van der Waals surface area contributed by atoms with E-state index in [1.54, 1.807) is 6.92 Å². The van der Waals surface area contributed by atoms with Gasteiger partial charge in [-0.3, -0.25) is 4.79 Å². The van der Waals surface area contributed by atoms with Crippen LogP contribution in [0.5, 0.6) is 0 Å². The molecular weight excluding hydrogens is 264 g/mol. The van der Waals surface area contributed by atoms with Crippen LogP contribution in [0, 0.1) is 0 Å². The molecule has 0 aliphatic rings. The molecule has 1 aromatic carbocycles. The molecule has 0 aromatic heterocycles. The monoisotopic (exact) mass is 292 g/mol. The Hall–Kier alpha value is -0.760. The average molecular weight is 292 g/mol. The molecule has 1 rings (SSSR count). The molecule has 0 radical (unpaired) electrons. The van der Waals surface area contributed by atoms with Gasteiger partial charge in [0.25, 0.3) is 0 Å². The second kappa shape index (κ2) is 11.0. The summed E-state index contributed by atoms with van der Waals surface area (Å²) in [7, 11) is 0. The maximum Gasteiger partial charge on any atom is 0.159 e. The fourth-order valence-corrected chi connectivity index (χ4v) is 3.20. The third-order valence-corrected chi connectivity index (χ3v) is 4.59. The predicted molar refractivity (Wildman–Crippen MR) is 89.8 cm³/mol. The number of benzene rings is 1. The minimum absolute atomic E-state index is 0.152. The van der Waals surface area contributed by atoms with Crippen LogP contribution in [-0.4, -0.2) is 11.5 Å². The third-order valence-electron chi connectivity index (χ3n) is 3.51.